The number of nitro groups is 1. The van der Waals surface area contributed by atoms with Crippen LogP contribution in [0.2, 0.25) is 0 Å². The number of nitro benzene ring substituents is 1. The molecule has 1 N–H and O–H groups in total. The topological polar surface area (TPSA) is 80.4 Å². The van der Waals surface area contributed by atoms with Gasteiger partial charge in [0.25, 0.3) is 5.69 Å². The lowest BCUT2D eigenvalue weighted by Crippen LogP contribution is -2.12. The molecule has 5 nitrogen and oxygen atoms in total. The van der Waals surface area contributed by atoms with Crippen molar-refractivity contribution in [3.63, 3.8) is 0 Å². The van der Waals surface area contributed by atoms with Crippen molar-refractivity contribution in [3.8, 4) is 0 Å². The molecule has 5 heteroatoms. The molecule has 1 rings (SSSR count). The fourth-order valence-electron chi connectivity index (χ4n) is 1.63. The number of hydrogen-bond acceptors (Lipinski definition) is 3. The van der Waals surface area contributed by atoms with Gasteiger partial charge < -0.3 is 5.11 Å². The zero-order chi connectivity index (χ0) is 12.3. The average Bonchev–Trinajstić information content (AvgIpc) is 2.20. The maximum atomic E-state index is 11.0. The molecule has 86 valence electrons. The van der Waals surface area contributed by atoms with Gasteiger partial charge >= 0.3 is 5.97 Å². The Balaban J connectivity index is 3.31. The first kappa shape index (κ1) is 12.2. The fraction of sp³-hybridized carbons (Fsp3) is 0.364. The summed E-state index contributed by atoms with van der Waals surface area (Å²) in [6, 6.07) is 4.62. The molecule has 0 saturated carbocycles. The Bertz CT molecular complexity index is 428. The molecular formula is C11H13NO4. The number of aliphatic carboxylic acids is 1. The molecule has 0 aliphatic rings. The van der Waals surface area contributed by atoms with Gasteiger partial charge in [-0.05, 0) is 18.9 Å². The number of benzene rings is 1. The van der Waals surface area contributed by atoms with E-state index in [0.29, 0.717) is 6.42 Å². The molecule has 0 amide bonds. The van der Waals surface area contributed by atoms with Crippen LogP contribution in [0.4, 0.5) is 5.69 Å². The molecule has 1 unspecified atom stereocenters. The van der Waals surface area contributed by atoms with E-state index in [1.807, 2.05) is 0 Å². The summed E-state index contributed by atoms with van der Waals surface area (Å²) in [5.74, 6) is -1.85. The standard InChI is InChI=1S/C11H13NO4/c1-3-8(11(13)14)9-5-4-7(2)6-10(9)12(15)16/h4-6,8H,3H2,1-2H3,(H,13,14). The number of aryl methyl sites for hydroxylation is 1. The van der Waals surface area contributed by atoms with Gasteiger partial charge in [0.15, 0.2) is 0 Å². The zero-order valence-electron chi connectivity index (χ0n) is 9.14. The van der Waals surface area contributed by atoms with E-state index in [2.05, 4.69) is 0 Å². The lowest BCUT2D eigenvalue weighted by atomic mass is 9.94. The third-order valence-corrected chi connectivity index (χ3v) is 2.46. The van der Waals surface area contributed by atoms with Crippen molar-refractivity contribution in [2.75, 3.05) is 0 Å². The van der Waals surface area contributed by atoms with Crippen molar-refractivity contribution >= 4 is 11.7 Å². The molecule has 1 atom stereocenters. The maximum Gasteiger partial charge on any atom is 0.311 e. The highest BCUT2D eigenvalue weighted by Crippen LogP contribution is 2.29. The monoisotopic (exact) mass is 223 g/mol. The van der Waals surface area contributed by atoms with Crippen LogP contribution in [0.25, 0.3) is 0 Å². The van der Waals surface area contributed by atoms with Crippen LogP contribution in [0.15, 0.2) is 18.2 Å². The van der Waals surface area contributed by atoms with E-state index >= 15 is 0 Å². The molecule has 0 aliphatic carbocycles. The van der Waals surface area contributed by atoms with Crippen molar-refractivity contribution in [1.29, 1.82) is 0 Å². The highest BCUT2D eigenvalue weighted by Gasteiger charge is 2.26. The van der Waals surface area contributed by atoms with Crippen LogP contribution < -0.4 is 0 Å². The molecule has 0 radical (unpaired) electrons. The summed E-state index contributed by atoms with van der Waals surface area (Å²) in [6.45, 7) is 3.43. The minimum absolute atomic E-state index is 0.116. The number of nitrogens with zero attached hydrogens (tertiary/aromatic N) is 1. The van der Waals surface area contributed by atoms with E-state index < -0.39 is 16.8 Å². The van der Waals surface area contributed by atoms with Gasteiger partial charge in [0.05, 0.1) is 10.8 Å². The van der Waals surface area contributed by atoms with Crippen LogP contribution in [0.5, 0.6) is 0 Å². The van der Waals surface area contributed by atoms with Crippen LogP contribution in [0.1, 0.15) is 30.4 Å². The molecule has 0 heterocycles. The quantitative estimate of drug-likeness (QED) is 0.628. The summed E-state index contributed by atoms with van der Waals surface area (Å²) < 4.78 is 0. The van der Waals surface area contributed by atoms with Gasteiger partial charge in [-0.1, -0.05) is 19.1 Å². The first-order chi connectivity index (χ1) is 7.47. The van der Waals surface area contributed by atoms with E-state index in [1.165, 1.54) is 12.1 Å². The number of hydrogen-bond donors (Lipinski definition) is 1. The van der Waals surface area contributed by atoms with Gasteiger partial charge in [-0.25, -0.2) is 0 Å². The van der Waals surface area contributed by atoms with Gasteiger partial charge in [0, 0.05) is 11.6 Å². The van der Waals surface area contributed by atoms with Crippen LogP contribution in [-0.4, -0.2) is 16.0 Å². The molecule has 0 spiro atoms. The first-order valence-electron chi connectivity index (χ1n) is 4.95. The number of carbonyl (C=O) groups is 1. The molecule has 1 aromatic carbocycles. The van der Waals surface area contributed by atoms with E-state index in [1.54, 1.807) is 19.9 Å². The van der Waals surface area contributed by atoms with Crippen molar-refractivity contribution in [3.05, 3.63) is 39.4 Å². The lowest BCUT2D eigenvalue weighted by molar-refractivity contribution is -0.385. The molecule has 0 aliphatic heterocycles. The SMILES string of the molecule is CCC(C(=O)O)c1ccc(C)cc1[N+](=O)[O-]. The predicted molar refractivity (Wildman–Crippen MR) is 58.5 cm³/mol. The van der Waals surface area contributed by atoms with Gasteiger partial charge in [-0.2, -0.15) is 0 Å². The highest BCUT2D eigenvalue weighted by atomic mass is 16.6. The minimum Gasteiger partial charge on any atom is -0.481 e. The Kier molecular flexibility index (Phi) is 3.60. The number of rotatable bonds is 4. The third kappa shape index (κ3) is 2.36. The van der Waals surface area contributed by atoms with E-state index in [9.17, 15) is 14.9 Å². The predicted octanol–water partition coefficient (Wildman–Crippen LogP) is 2.48. The van der Waals surface area contributed by atoms with Crippen LogP contribution in [0, 0.1) is 17.0 Å². The maximum absolute atomic E-state index is 11.0. The molecule has 1 aromatic rings. The normalized spacial score (nSPS) is 12.1. The van der Waals surface area contributed by atoms with Gasteiger partial charge in [-0.3, -0.25) is 14.9 Å². The van der Waals surface area contributed by atoms with E-state index in [-0.39, 0.29) is 11.3 Å². The number of carboxylic acid groups (broad SMARTS) is 1. The Morgan fingerprint density at radius 3 is 2.62 bits per heavy atom. The second-order valence-electron chi connectivity index (χ2n) is 3.62. The molecule has 0 saturated heterocycles. The second kappa shape index (κ2) is 4.74. The molecule has 16 heavy (non-hydrogen) atoms. The fourth-order valence-corrected chi connectivity index (χ4v) is 1.63. The smallest absolute Gasteiger partial charge is 0.311 e. The highest BCUT2D eigenvalue weighted by molar-refractivity contribution is 5.77. The van der Waals surface area contributed by atoms with Gasteiger partial charge in [-0.15, -0.1) is 0 Å². The summed E-state index contributed by atoms with van der Waals surface area (Å²) in [5.41, 5.74) is 0.899. The van der Waals surface area contributed by atoms with Gasteiger partial charge in [0.1, 0.15) is 0 Å². The van der Waals surface area contributed by atoms with Crippen molar-refractivity contribution in [2.45, 2.75) is 26.2 Å². The van der Waals surface area contributed by atoms with Crippen LogP contribution in [0.3, 0.4) is 0 Å². The summed E-state index contributed by atoms with van der Waals surface area (Å²) in [5, 5.41) is 19.8. The Labute approximate surface area is 92.9 Å². The van der Waals surface area contributed by atoms with E-state index in [4.69, 9.17) is 5.11 Å². The Morgan fingerprint density at radius 1 is 1.56 bits per heavy atom. The van der Waals surface area contributed by atoms with Gasteiger partial charge in [0.2, 0.25) is 0 Å². The van der Waals surface area contributed by atoms with Crippen molar-refractivity contribution in [1.82, 2.24) is 0 Å². The Morgan fingerprint density at radius 2 is 2.19 bits per heavy atom. The Hall–Kier alpha value is -1.91. The third-order valence-electron chi connectivity index (χ3n) is 2.46. The summed E-state index contributed by atoms with van der Waals surface area (Å²) in [4.78, 5) is 21.3. The summed E-state index contributed by atoms with van der Waals surface area (Å²) >= 11 is 0. The van der Waals surface area contributed by atoms with Crippen LogP contribution in [-0.2, 0) is 4.79 Å². The molecule has 0 aromatic heterocycles. The zero-order valence-corrected chi connectivity index (χ0v) is 9.14. The first-order valence-corrected chi connectivity index (χ1v) is 4.95. The largest absolute Gasteiger partial charge is 0.481 e. The van der Waals surface area contributed by atoms with Crippen molar-refractivity contribution < 1.29 is 14.8 Å². The number of carboxylic acids is 1. The molecule has 0 fully saturated rings. The molecule has 0 bridgehead atoms. The lowest BCUT2D eigenvalue weighted by Gasteiger charge is -2.10. The van der Waals surface area contributed by atoms with E-state index in [0.717, 1.165) is 5.56 Å². The average molecular weight is 223 g/mol. The van der Waals surface area contributed by atoms with Crippen molar-refractivity contribution in [2.24, 2.45) is 0 Å². The summed E-state index contributed by atoms with van der Waals surface area (Å²) in [6.07, 6.45) is 0.333. The molecular weight excluding hydrogens is 210 g/mol. The van der Waals surface area contributed by atoms with Crippen LogP contribution >= 0.6 is 0 Å². The second-order valence-corrected chi connectivity index (χ2v) is 3.62. The minimum atomic E-state index is -1.03. The summed E-state index contributed by atoms with van der Waals surface area (Å²) in [7, 11) is 0.